The summed E-state index contributed by atoms with van der Waals surface area (Å²) >= 11 is 0. The van der Waals surface area contributed by atoms with E-state index < -0.39 is 18.5 Å². The maximum Gasteiger partial charge on any atom is 0.320 e. The largest absolute Gasteiger partial charge is 0.347 e. The molecule has 1 aromatic carbocycles. The zero-order valence-electron chi connectivity index (χ0n) is 17.6. The molecule has 2 amide bonds. The van der Waals surface area contributed by atoms with Gasteiger partial charge in [-0.15, -0.1) is 0 Å². The van der Waals surface area contributed by atoms with Gasteiger partial charge in [-0.25, -0.2) is 4.98 Å². The number of benzene rings is 1. The number of carbonyl (C=O) groups excluding carboxylic acids is 2. The van der Waals surface area contributed by atoms with E-state index in [1.165, 1.54) is 19.3 Å². The number of para-hydroxylation sites is 2. The number of aromatic nitrogens is 2. The van der Waals surface area contributed by atoms with Crippen LogP contribution in [0.5, 0.6) is 0 Å². The second-order valence-electron chi connectivity index (χ2n) is 9.78. The first-order valence-electron chi connectivity index (χ1n) is 11.2. The Balaban J connectivity index is 1.23. The molecule has 166 valence electrons. The van der Waals surface area contributed by atoms with Gasteiger partial charge in [-0.05, 0) is 75.3 Å². The minimum absolute atomic E-state index is 0.0192. The van der Waals surface area contributed by atoms with E-state index in [4.69, 9.17) is 0 Å². The fraction of sp³-hybridized carbons (Fsp3) is 0.609. The molecule has 1 heterocycles. The van der Waals surface area contributed by atoms with Gasteiger partial charge in [0.1, 0.15) is 5.82 Å². The minimum Gasteiger partial charge on any atom is -0.347 e. The van der Waals surface area contributed by atoms with E-state index in [1.807, 2.05) is 0 Å². The van der Waals surface area contributed by atoms with E-state index in [-0.39, 0.29) is 23.7 Å². The number of halogens is 2. The van der Waals surface area contributed by atoms with Gasteiger partial charge in [0.05, 0.1) is 23.6 Å². The van der Waals surface area contributed by atoms with Gasteiger partial charge in [0.15, 0.2) is 0 Å². The number of hydrogen-bond donors (Lipinski definition) is 2. The van der Waals surface area contributed by atoms with Crippen molar-refractivity contribution in [2.24, 2.45) is 23.2 Å². The quantitative estimate of drug-likeness (QED) is 0.729. The van der Waals surface area contributed by atoms with Gasteiger partial charge in [0.2, 0.25) is 11.8 Å². The van der Waals surface area contributed by atoms with Crippen molar-refractivity contribution < 1.29 is 18.4 Å². The van der Waals surface area contributed by atoms with Crippen LogP contribution in [0, 0.1) is 23.2 Å². The Morgan fingerprint density at radius 1 is 1.13 bits per heavy atom. The highest BCUT2D eigenvalue weighted by atomic mass is 19.3. The molecule has 4 fully saturated rings. The summed E-state index contributed by atoms with van der Waals surface area (Å²) in [7, 11) is 0. The number of alkyl halides is 2. The fourth-order valence-electron chi connectivity index (χ4n) is 6.67. The average molecular weight is 430 g/mol. The van der Waals surface area contributed by atoms with Gasteiger partial charge >= 0.3 is 6.55 Å². The highest BCUT2D eigenvalue weighted by Gasteiger charge is 2.54. The Labute approximate surface area is 179 Å². The molecule has 6 rings (SSSR count). The monoisotopic (exact) mass is 430 g/mol. The molecule has 0 saturated heterocycles. The number of imidazole rings is 1. The molecule has 0 aliphatic heterocycles. The molecule has 1 unspecified atom stereocenters. The first-order valence-corrected chi connectivity index (χ1v) is 11.2. The third-order valence-corrected chi connectivity index (χ3v) is 7.51. The van der Waals surface area contributed by atoms with E-state index in [0.29, 0.717) is 28.8 Å². The molecule has 4 saturated carbocycles. The smallest absolute Gasteiger partial charge is 0.320 e. The maximum absolute atomic E-state index is 13.7. The van der Waals surface area contributed by atoms with E-state index in [1.54, 1.807) is 31.2 Å². The molecule has 8 heteroatoms. The van der Waals surface area contributed by atoms with Gasteiger partial charge in [0, 0.05) is 5.41 Å². The van der Waals surface area contributed by atoms with Crippen molar-refractivity contribution in [3.8, 4) is 0 Å². The fourth-order valence-corrected chi connectivity index (χ4v) is 6.67. The predicted molar refractivity (Wildman–Crippen MR) is 111 cm³/mol. The SMILES string of the molecule is CC(NC(=O)CNC(=O)C12CC3CC(CC(C3)C1)C2)c1nc2ccccc2n1C(F)F. The molecule has 1 aromatic heterocycles. The van der Waals surface area contributed by atoms with Gasteiger partial charge in [-0.2, -0.15) is 8.78 Å². The number of hydrogen-bond acceptors (Lipinski definition) is 3. The van der Waals surface area contributed by atoms with E-state index in [9.17, 15) is 18.4 Å². The van der Waals surface area contributed by atoms with Crippen LogP contribution >= 0.6 is 0 Å². The lowest BCUT2D eigenvalue weighted by Crippen LogP contribution is -2.54. The summed E-state index contributed by atoms with van der Waals surface area (Å²) in [4.78, 5) is 29.8. The molecule has 4 aliphatic carbocycles. The van der Waals surface area contributed by atoms with Crippen molar-refractivity contribution in [2.45, 2.75) is 58.0 Å². The number of rotatable bonds is 6. The molecule has 31 heavy (non-hydrogen) atoms. The van der Waals surface area contributed by atoms with Crippen LogP contribution in [-0.2, 0) is 9.59 Å². The zero-order chi connectivity index (χ0) is 21.8. The number of nitrogens with zero attached hydrogens (tertiary/aromatic N) is 2. The number of nitrogens with one attached hydrogen (secondary N) is 2. The van der Waals surface area contributed by atoms with Gasteiger partial charge in [0.25, 0.3) is 0 Å². The van der Waals surface area contributed by atoms with E-state index in [2.05, 4.69) is 15.6 Å². The Morgan fingerprint density at radius 3 is 2.35 bits per heavy atom. The van der Waals surface area contributed by atoms with Crippen LogP contribution in [0.3, 0.4) is 0 Å². The van der Waals surface area contributed by atoms with E-state index in [0.717, 1.165) is 23.8 Å². The van der Waals surface area contributed by atoms with Crippen molar-refractivity contribution in [1.29, 1.82) is 0 Å². The van der Waals surface area contributed by atoms with Crippen LogP contribution in [0.25, 0.3) is 11.0 Å². The lowest BCUT2D eigenvalue weighted by Gasteiger charge is -2.55. The minimum atomic E-state index is -2.77. The third-order valence-electron chi connectivity index (χ3n) is 7.51. The van der Waals surface area contributed by atoms with Gasteiger partial charge in [-0.3, -0.25) is 14.2 Å². The molecule has 0 spiro atoms. The number of fused-ring (bicyclic) bond motifs is 1. The molecule has 1 atom stereocenters. The maximum atomic E-state index is 13.7. The molecule has 4 bridgehead atoms. The number of carbonyl (C=O) groups is 2. The van der Waals surface area contributed by atoms with Crippen molar-refractivity contribution in [3.05, 3.63) is 30.1 Å². The molecule has 6 nitrogen and oxygen atoms in total. The Kier molecular flexibility index (Phi) is 4.98. The van der Waals surface area contributed by atoms with Crippen LogP contribution in [0.2, 0.25) is 0 Å². The Hall–Kier alpha value is -2.51. The molecule has 2 aromatic rings. The average Bonchev–Trinajstić information content (AvgIpc) is 3.11. The van der Waals surface area contributed by atoms with Crippen molar-refractivity contribution >= 4 is 22.8 Å². The summed E-state index contributed by atoms with van der Waals surface area (Å²) in [5.41, 5.74) is 0.461. The van der Waals surface area contributed by atoms with Crippen molar-refractivity contribution in [2.75, 3.05) is 6.54 Å². The van der Waals surface area contributed by atoms with Crippen LogP contribution in [0.1, 0.15) is 63.9 Å². The summed E-state index contributed by atoms with van der Waals surface area (Å²) in [5, 5.41) is 5.55. The molecule has 0 radical (unpaired) electrons. The van der Waals surface area contributed by atoms with Gasteiger partial charge in [-0.1, -0.05) is 12.1 Å². The third kappa shape index (κ3) is 3.59. The summed E-state index contributed by atoms with van der Waals surface area (Å²) in [5.74, 6) is 1.61. The van der Waals surface area contributed by atoms with Crippen molar-refractivity contribution in [1.82, 2.24) is 20.2 Å². The van der Waals surface area contributed by atoms with Crippen LogP contribution < -0.4 is 10.6 Å². The predicted octanol–water partition coefficient (Wildman–Crippen LogP) is 3.94. The molecule has 4 aliphatic rings. The van der Waals surface area contributed by atoms with Crippen LogP contribution in [-0.4, -0.2) is 27.9 Å². The standard InChI is InChI=1S/C23H28F2N4O2/c1-13(20-28-17-4-2-3-5-18(17)29(20)22(24)25)27-19(30)12-26-21(31)23-9-14-6-15(10-23)8-16(7-14)11-23/h2-5,13-16,22H,6-12H2,1H3,(H,26,31)(H,27,30). The Bertz CT molecular complexity index is 983. The summed E-state index contributed by atoms with van der Waals surface area (Å²) in [6.07, 6.45) is 6.53. The van der Waals surface area contributed by atoms with Crippen LogP contribution in [0.15, 0.2) is 24.3 Å². The van der Waals surface area contributed by atoms with E-state index >= 15 is 0 Å². The number of amides is 2. The Morgan fingerprint density at radius 2 is 1.74 bits per heavy atom. The molecular formula is C23H28F2N4O2. The first-order chi connectivity index (χ1) is 14.8. The normalized spacial score (nSPS) is 30.0. The summed E-state index contributed by atoms with van der Waals surface area (Å²) in [6, 6.07) is 5.94. The molecule has 2 N–H and O–H groups in total. The highest BCUT2D eigenvalue weighted by molar-refractivity contribution is 5.88. The van der Waals surface area contributed by atoms with Gasteiger partial charge < -0.3 is 10.6 Å². The zero-order valence-corrected chi connectivity index (χ0v) is 17.6. The summed E-state index contributed by atoms with van der Waals surface area (Å²) in [6.45, 7) is -1.30. The lowest BCUT2D eigenvalue weighted by molar-refractivity contribution is -0.147. The molecular weight excluding hydrogens is 402 g/mol. The van der Waals surface area contributed by atoms with Crippen LogP contribution in [0.4, 0.5) is 8.78 Å². The second-order valence-corrected chi connectivity index (χ2v) is 9.78. The first kappa shape index (κ1) is 20.4. The second kappa shape index (κ2) is 7.57. The highest BCUT2D eigenvalue weighted by Crippen LogP contribution is 2.60. The lowest BCUT2D eigenvalue weighted by atomic mass is 9.49. The van der Waals surface area contributed by atoms with Crippen molar-refractivity contribution in [3.63, 3.8) is 0 Å². The summed E-state index contributed by atoms with van der Waals surface area (Å²) < 4.78 is 28.2. The topological polar surface area (TPSA) is 76.0 Å².